The second-order valence-electron chi connectivity index (χ2n) is 41.3. The van der Waals surface area contributed by atoms with Gasteiger partial charge in [0.2, 0.25) is 0 Å². The van der Waals surface area contributed by atoms with Crippen molar-refractivity contribution in [1.29, 1.82) is 0 Å². The molecule has 10 aromatic carbocycles. The number of nitrogens with zero attached hydrogens (tertiary/aromatic N) is 15. The Hall–Kier alpha value is -11.7. The van der Waals surface area contributed by atoms with Crippen LogP contribution in [-0.4, -0.2) is 95.8 Å². The summed E-state index contributed by atoms with van der Waals surface area (Å²) in [6, 6.07) is 57.5. The van der Waals surface area contributed by atoms with Crippen LogP contribution in [0.25, 0.3) is 83.6 Å². The van der Waals surface area contributed by atoms with Crippen LogP contribution in [-0.2, 0) is 43.3 Å². The van der Waals surface area contributed by atoms with E-state index in [2.05, 4.69) is 338 Å². The van der Waals surface area contributed by atoms with Crippen molar-refractivity contribution in [1.82, 2.24) is 70.3 Å². The van der Waals surface area contributed by atoms with Crippen LogP contribution in [0.15, 0.2) is 174 Å². The van der Waals surface area contributed by atoms with Crippen molar-refractivity contribution in [2.24, 2.45) is 0 Å². The summed E-state index contributed by atoms with van der Waals surface area (Å²) in [6.07, 6.45) is 3.64. The summed E-state index contributed by atoms with van der Waals surface area (Å²) < 4.78 is 27.1. The topological polar surface area (TPSA) is 179 Å². The lowest BCUT2D eigenvalue weighted by molar-refractivity contribution is 0.438. The molecule has 0 amide bonds. The van der Waals surface area contributed by atoms with Crippen molar-refractivity contribution >= 4 is 82.7 Å². The van der Waals surface area contributed by atoms with E-state index < -0.39 is 0 Å². The number of aromatic nitrogens is 15. The van der Waals surface area contributed by atoms with Crippen molar-refractivity contribution in [2.75, 3.05) is 0 Å². The van der Waals surface area contributed by atoms with E-state index in [0.29, 0.717) is 45.4 Å². The third-order valence-corrected chi connectivity index (χ3v) is 24.6. The van der Waals surface area contributed by atoms with Crippen molar-refractivity contribution in [3.63, 3.8) is 0 Å². The van der Waals surface area contributed by atoms with Crippen LogP contribution in [0.4, 0.5) is 0 Å². The van der Waals surface area contributed by atoms with Crippen LogP contribution in [0.1, 0.15) is 249 Å². The number of ether oxygens (including phenoxy) is 1. The highest BCUT2D eigenvalue weighted by molar-refractivity contribution is 9.10. The van der Waals surface area contributed by atoms with Gasteiger partial charge in [0.25, 0.3) is 0 Å². The molecule has 638 valence electrons. The van der Waals surface area contributed by atoms with Gasteiger partial charge in [-0.2, -0.15) is 0 Å². The first-order chi connectivity index (χ1) is 56.9. The number of benzene rings is 10. The van der Waals surface area contributed by atoms with E-state index in [0.717, 1.165) is 94.6 Å². The van der Waals surface area contributed by atoms with Crippen LogP contribution in [0, 0.1) is 12.0 Å². The van der Waals surface area contributed by atoms with Crippen LogP contribution in [0.2, 0.25) is 5.02 Å². The van der Waals surface area contributed by atoms with E-state index in [9.17, 15) is 25.5 Å². The molecular weight excluding hydrogens is 1610 g/mol. The minimum atomic E-state index is -0.218. The summed E-state index contributed by atoms with van der Waals surface area (Å²) in [7, 11) is 0. The number of phenolic OH excluding ortho intramolecular Hbond substituents is 5. The summed E-state index contributed by atoms with van der Waals surface area (Å²) in [6.45, 7) is 58.0. The normalized spacial score (nSPS) is 13.4. The fraction of sp³-hybridized carbons (Fsp3) is 0.374. The molecule has 20 rings (SSSR count). The first kappa shape index (κ1) is 84.0. The number of para-hydroxylation sites is 6. The maximum Gasteiger partial charge on any atom is 0.147 e. The summed E-state index contributed by atoms with van der Waals surface area (Å²) in [5.41, 5.74) is 24.7. The van der Waals surface area contributed by atoms with E-state index in [1.54, 1.807) is 6.92 Å². The molecule has 122 heavy (non-hydrogen) atoms. The lowest BCUT2D eigenvalue weighted by atomic mass is 9.80. The van der Waals surface area contributed by atoms with Gasteiger partial charge in [-0.15, -0.1) is 70.3 Å². The maximum absolute atomic E-state index is 11.0. The Morgan fingerprint density at radius 3 is 0.877 bits per heavy atom. The second-order valence-corrected chi connectivity index (χ2v) is 42.6. The Kier molecular flexibility index (Phi) is 19.6. The highest BCUT2D eigenvalue weighted by atomic mass is 79.9. The van der Waals surface area contributed by atoms with Gasteiger partial charge in [0.05, 0.1) is 0 Å². The zero-order chi connectivity index (χ0) is 88.3. The van der Waals surface area contributed by atoms with E-state index in [-0.39, 0.29) is 49.1 Å². The molecule has 0 aliphatic rings. The largest absolute Gasteiger partial charge is 0.505 e. The Bertz CT molecular complexity index is 7010. The molecule has 20 aromatic rings. The van der Waals surface area contributed by atoms with Crippen molar-refractivity contribution in [2.45, 2.75) is 243 Å². The maximum atomic E-state index is 11.0. The highest BCUT2D eigenvalue weighted by Crippen LogP contribution is 2.48. The van der Waals surface area contributed by atoms with E-state index in [4.69, 9.17) is 16.3 Å². The average molecular weight is 1730 g/mol. The molecule has 1 unspecified atom stereocenters. The fourth-order valence-electron chi connectivity index (χ4n) is 16.2. The Morgan fingerprint density at radius 2 is 0.582 bits per heavy atom. The van der Waals surface area contributed by atoms with Gasteiger partial charge in [-0.25, -0.2) is 0 Å². The number of phenols is 5. The molecule has 10 aromatic heterocycles. The third-order valence-electron chi connectivity index (χ3n) is 23.9. The predicted molar refractivity (Wildman–Crippen MR) is 498 cm³/mol. The summed E-state index contributed by atoms with van der Waals surface area (Å²) in [4.78, 5) is 10.1. The van der Waals surface area contributed by atoms with Crippen LogP contribution in [0.5, 0.6) is 34.5 Å². The van der Waals surface area contributed by atoms with Gasteiger partial charge in [-0.1, -0.05) is 274 Å². The number of aromatic hydroxyl groups is 5. The summed E-state index contributed by atoms with van der Waals surface area (Å²) in [5.74, 6) is 5.42. The lowest BCUT2D eigenvalue weighted by Crippen LogP contribution is -2.17. The molecule has 0 fully saturated rings. The van der Waals surface area contributed by atoms with Gasteiger partial charge < -0.3 is 30.3 Å². The second kappa shape index (κ2) is 28.5. The number of hydrogen-bond acceptors (Lipinski definition) is 6. The standard InChI is InChI=1S/C20H24BrN3O.C20H24ClN3O.2C20H25N3O.C19H19N3O2/c2*1-19(2,3)12-9-14(20(4,5)6)18(25)17(10-12)24-22-15-8-7-13(21)11-16(15)23(22)24;1-19(2,3)13-11-14(20(4,5)6)18(24)17(12-13)23-21-15-9-7-8-10-16(15)22(21)23;1-6-13(2)15-11-14(20(3,4)5)12-18(19(15)24)23-21-16-9-7-8-10-17(16)22(21)23;1-5-10-24-13-11-14(19(2,3)4)18(23)17(12-13)22-20-15-8-6-7-9-16(15)21(20)22/h2*7-11,25H,1-6H3;7-12,24H,1-6H3;7-13,24H,6H2,1-5H3;6-9,11-12,23H,1-4H3. The zero-order valence-corrected chi connectivity index (χ0v) is 77.9. The molecule has 1 atom stereocenters. The fourth-order valence-corrected chi connectivity index (χ4v) is 16.7. The van der Waals surface area contributed by atoms with Crippen molar-refractivity contribution < 1.29 is 30.3 Å². The SMILES string of the molecule is CC#COc1cc(-n2n3c4ccccc4n23)c(O)c(C(C)(C)C)c1.CC(C)(C)c1cc(-n2n3c4ccc(Br)cc4n23)c(O)c(C(C)(C)C)c1.CC(C)(C)c1cc(-n2n3c4ccc(Cl)cc4n23)c(O)c(C(C)(C)C)c1.CC(C)(C)c1cc(-n2n3c4ccccc4n23)c(O)c(C(C)(C)C)c1.CCC(C)c1cc(C(C)(C)C)cc(-n2n3c4ccccc4n23)c1O. The molecule has 10 heterocycles. The molecule has 0 aliphatic heterocycles. The van der Waals surface area contributed by atoms with Gasteiger partial charge in [0.15, 0.2) is 0 Å². The molecule has 0 radical (unpaired) electrons. The molecular formula is C99H117BrClN15O6. The minimum Gasteiger partial charge on any atom is -0.505 e. The van der Waals surface area contributed by atoms with Gasteiger partial charge in [-0.3, -0.25) is 0 Å². The molecule has 5 N–H and O–H groups in total. The Labute approximate surface area is 725 Å². The molecule has 0 bridgehead atoms. The number of fused-ring (bicyclic) bond motifs is 20. The van der Waals surface area contributed by atoms with Crippen LogP contribution in [0.3, 0.4) is 0 Å². The van der Waals surface area contributed by atoms with Crippen molar-refractivity contribution in [3.8, 4) is 75.0 Å². The molecule has 23 heteroatoms. The van der Waals surface area contributed by atoms with E-state index in [1.807, 2.05) is 111 Å². The first-order valence-corrected chi connectivity index (χ1v) is 43.4. The molecule has 0 spiro atoms. The van der Waals surface area contributed by atoms with Gasteiger partial charge in [0, 0.05) is 44.7 Å². The van der Waals surface area contributed by atoms with Gasteiger partial charge >= 0.3 is 0 Å². The summed E-state index contributed by atoms with van der Waals surface area (Å²) >= 11 is 9.65. The Balaban J connectivity index is 0.000000113. The molecule has 0 saturated heterocycles. The number of rotatable bonds is 8. The van der Waals surface area contributed by atoms with E-state index in [1.165, 1.54) is 44.3 Å². The quantitative estimate of drug-likeness (QED) is 0.0945. The van der Waals surface area contributed by atoms with Gasteiger partial charge in [-0.05, 0) is 187 Å². The minimum absolute atomic E-state index is 0.00165. The Morgan fingerprint density at radius 1 is 0.320 bits per heavy atom. The third kappa shape index (κ3) is 14.3. The smallest absolute Gasteiger partial charge is 0.147 e. The monoisotopic (exact) mass is 1730 g/mol. The van der Waals surface area contributed by atoms with Crippen LogP contribution < -0.4 is 4.74 Å². The van der Waals surface area contributed by atoms with Gasteiger partial charge in [0.1, 0.15) is 124 Å². The lowest BCUT2D eigenvalue weighted by Gasteiger charge is -2.26. The number of hydrogen-bond donors (Lipinski definition) is 5. The predicted octanol–water partition coefficient (Wildman–Crippen LogP) is 24.3. The molecule has 0 saturated carbocycles. The molecule has 21 nitrogen and oxygen atoms in total. The average Bonchev–Trinajstić information content (AvgIpc) is 1.53. The van der Waals surface area contributed by atoms with Crippen molar-refractivity contribution in [3.05, 3.63) is 229 Å². The van der Waals surface area contributed by atoms with Crippen LogP contribution >= 0.6 is 27.5 Å². The molecule has 0 aliphatic carbocycles. The highest BCUT2D eigenvalue weighted by Gasteiger charge is 2.38. The number of halogens is 2. The first-order valence-electron chi connectivity index (χ1n) is 42.2. The summed E-state index contributed by atoms with van der Waals surface area (Å²) in [5, 5.41) is 55.5. The van der Waals surface area contributed by atoms with E-state index >= 15 is 0 Å². The zero-order valence-electron chi connectivity index (χ0n) is 75.6.